The van der Waals surface area contributed by atoms with Gasteiger partial charge in [0.05, 0.1) is 23.1 Å². The van der Waals surface area contributed by atoms with Crippen molar-refractivity contribution in [3.05, 3.63) is 64.8 Å². The Balaban J connectivity index is 1.42. The van der Waals surface area contributed by atoms with E-state index in [2.05, 4.69) is 95.2 Å². The van der Waals surface area contributed by atoms with Crippen LogP contribution in [0.25, 0.3) is 62.8 Å². The summed E-state index contributed by atoms with van der Waals surface area (Å²) >= 11 is 6.79. The minimum atomic E-state index is 0.607. The first-order valence-corrected chi connectivity index (χ1v) is 17.9. The van der Waals surface area contributed by atoms with Gasteiger partial charge in [0.1, 0.15) is 22.1 Å². The monoisotopic (exact) mass is 639 g/mol. The molecule has 0 amide bonds. The molecule has 5 aromatic heterocycles. The number of nitrogens with zero attached hydrogens (tertiary/aromatic N) is 5. The Labute approximate surface area is 268 Å². The third-order valence-corrected chi connectivity index (χ3v) is 11.8. The van der Waals surface area contributed by atoms with Crippen molar-refractivity contribution in [2.75, 3.05) is 19.0 Å². The van der Waals surface area contributed by atoms with E-state index in [1.165, 1.54) is 51.9 Å². The molecule has 0 aliphatic carbocycles. The average molecular weight is 640 g/mol. The summed E-state index contributed by atoms with van der Waals surface area (Å²) in [6.07, 6.45) is 2.77. The summed E-state index contributed by atoms with van der Waals surface area (Å²) < 4.78 is 12.4. The normalized spacial score (nSPS) is 12.0. The second-order valence-electron chi connectivity index (χ2n) is 11.5. The summed E-state index contributed by atoms with van der Waals surface area (Å²) in [4.78, 5) is 17.8. The van der Waals surface area contributed by atoms with Crippen molar-refractivity contribution in [1.29, 1.82) is 0 Å². The molecule has 0 radical (unpaired) electrons. The quantitative estimate of drug-likeness (QED) is 0.166. The van der Waals surface area contributed by atoms with Gasteiger partial charge in [-0.2, -0.15) is 8.75 Å². The van der Waals surface area contributed by atoms with E-state index in [0.29, 0.717) is 5.92 Å². The maximum Gasteiger partial charge on any atom is 0.116 e. The summed E-state index contributed by atoms with van der Waals surface area (Å²) in [5, 5.41) is 0. The number of hydrogen-bond donors (Lipinski definition) is 0. The summed E-state index contributed by atoms with van der Waals surface area (Å²) in [5.41, 5.74) is 10.5. The largest absolute Gasteiger partial charge is 0.378 e. The van der Waals surface area contributed by atoms with Crippen LogP contribution in [0.1, 0.15) is 44.0 Å². The van der Waals surface area contributed by atoms with Crippen LogP contribution in [0.3, 0.4) is 0 Å². The molecule has 9 heteroatoms. The molecule has 5 nitrogen and oxygen atoms in total. The van der Waals surface area contributed by atoms with E-state index in [-0.39, 0.29) is 0 Å². The number of thiophene rings is 3. The van der Waals surface area contributed by atoms with Crippen molar-refractivity contribution in [1.82, 2.24) is 18.7 Å². The van der Waals surface area contributed by atoms with Gasteiger partial charge in [-0.15, -0.1) is 34.0 Å². The van der Waals surface area contributed by atoms with Crippen LogP contribution in [0.4, 0.5) is 5.69 Å². The van der Waals surface area contributed by atoms with Crippen LogP contribution in [0.2, 0.25) is 0 Å². The fourth-order valence-electron chi connectivity index (χ4n) is 5.68. The highest BCUT2D eigenvalue weighted by Crippen LogP contribution is 2.48. The van der Waals surface area contributed by atoms with Crippen molar-refractivity contribution in [3.8, 4) is 31.3 Å². The lowest BCUT2D eigenvalue weighted by molar-refractivity contribution is 0.654. The molecular weight excluding hydrogens is 607 g/mol. The molecule has 218 valence electrons. The van der Waals surface area contributed by atoms with Crippen LogP contribution in [0, 0.1) is 5.92 Å². The number of fused-ring (bicyclic) bond motifs is 3. The first kappa shape index (κ1) is 28.5. The second kappa shape index (κ2) is 11.4. The number of aromatic nitrogens is 4. The molecule has 0 bridgehead atoms. The highest BCUT2D eigenvalue weighted by molar-refractivity contribution is 7.31. The molecule has 0 fully saturated rings. The Kier molecular flexibility index (Phi) is 7.53. The molecule has 0 spiro atoms. The minimum absolute atomic E-state index is 0.607. The highest BCUT2D eigenvalue weighted by atomic mass is 32.1. The Morgan fingerprint density at radius 3 is 1.84 bits per heavy atom. The van der Waals surface area contributed by atoms with E-state index < -0.39 is 0 Å². The van der Waals surface area contributed by atoms with Gasteiger partial charge in [0, 0.05) is 59.8 Å². The zero-order chi connectivity index (χ0) is 29.8. The van der Waals surface area contributed by atoms with E-state index in [1.54, 1.807) is 0 Å². The number of rotatable bonds is 8. The number of hydrogen-bond acceptors (Lipinski definition) is 9. The molecule has 0 saturated carbocycles. The van der Waals surface area contributed by atoms with Crippen molar-refractivity contribution in [3.63, 3.8) is 0 Å². The Morgan fingerprint density at radius 2 is 1.26 bits per heavy atom. The van der Waals surface area contributed by atoms with Crippen molar-refractivity contribution < 1.29 is 0 Å². The average Bonchev–Trinajstić information content (AvgIpc) is 3.79. The molecule has 43 heavy (non-hydrogen) atoms. The third-order valence-electron chi connectivity index (χ3n) is 7.80. The molecule has 0 aliphatic heterocycles. The lowest BCUT2D eigenvalue weighted by atomic mass is 10.0. The molecule has 0 saturated heterocycles. The maximum absolute atomic E-state index is 5.34. The van der Waals surface area contributed by atoms with Gasteiger partial charge >= 0.3 is 0 Å². The van der Waals surface area contributed by atoms with Crippen LogP contribution in [-0.2, 0) is 19.3 Å². The van der Waals surface area contributed by atoms with Gasteiger partial charge in [-0.3, -0.25) is 0 Å². The van der Waals surface area contributed by atoms with Gasteiger partial charge in [0.25, 0.3) is 0 Å². The van der Waals surface area contributed by atoms with Gasteiger partial charge in [-0.05, 0) is 67.1 Å². The summed E-state index contributed by atoms with van der Waals surface area (Å²) in [6, 6.07) is 17.9. The van der Waals surface area contributed by atoms with Gasteiger partial charge in [0.15, 0.2) is 0 Å². The predicted octanol–water partition coefficient (Wildman–Crippen LogP) is 10.4. The Morgan fingerprint density at radius 1 is 0.674 bits per heavy atom. The van der Waals surface area contributed by atoms with Gasteiger partial charge < -0.3 is 4.90 Å². The van der Waals surface area contributed by atoms with E-state index >= 15 is 0 Å². The van der Waals surface area contributed by atoms with E-state index in [1.807, 2.05) is 34.0 Å². The molecule has 0 aliphatic rings. The van der Waals surface area contributed by atoms with E-state index in [4.69, 9.17) is 18.7 Å². The lowest BCUT2D eigenvalue weighted by Gasteiger charge is -2.13. The van der Waals surface area contributed by atoms with Crippen molar-refractivity contribution >= 4 is 82.9 Å². The molecule has 0 atom stereocenters. The number of anilines is 1. The summed E-state index contributed by atoms with van der Waals surface area (Å²) in [6.45, 7) is 8.88. The van der Waals surface area contributed by atoms with E-state index in [9.17, 15) is 0 Å². The second-order valence-corrected chi connectivity index (χ2v) is 15.4. The SMILES string of the molecule is CCc1nc2c(-c3ccc(CC(C)C)s3)c3nsnc3c(-c3cc4sc(-c5ccc(N(C)C)cc5)cc4s3)c2nc1CC. The molecular formula is C34H33N5S4. The van der Waals surface area contributed by atoms with Crippen LogP contribution in [0.15, 0.2) is 48.5 Å². The number of aryl methyl sites for hydroxylation is 2. The number of benzene rings is 2. The fourth-order valence-corrected chi connectivity index (χ4v) is 9.95. The van der Waals surface area contributed by atoms with Crippen LogP contribution >= 0.6 is 45.7 Å². The maximum atomic E-state index is 5.34. The predicted molar refractivity (Wildman–Crippen MR) is 190 cm³/mol. The standard InChI is InChI=1S/C34H33N5S4/c1-7-22-23(8-2)36-32-30(28-17-27-26(42-28)16-25(41-27)19-9-11-20(12-10-19)39(5)6)34-33(37-43-38-34)29(31(32)35-22)24-14-13-21(40-24)15-18(3)4/h9-14,16-18H,7-8,15H2,1-6H3. The van der Waals surface area contributed by atoms with Crippen LogP contribution < -0.4 is 4.90 Å². The third kappa shape index (κ3) is 5.06. The van der Waals surface area contributed by atoms with Crippen molar-refractivity contribution in [2.24, 2.45) is 5.92 Å². The van der Waals surface area contributed by atoms with Gasteiger partial charge in [-0.25, -0.2) is 9.97 Å². The fraction of sp³-hybridized carbons (Fsp3) is 0.294. The molecule has 7 rings (SSSR count). The molecule has 0 N–H and O–H groups in total. The molecule has 5 heterocycles. The molecule has 0 unspecified atom stereocenters. The molecule has 2 aromatic carbocycles. The zero-order valence-corrected chi connectivity index (χ0v) is 28.5. The Bertz CT molecular complexity index is 2060. The van der Waals surface area contributed by atoms with Crippen LogP contribution in [0.5, 0.6) is 0 Å². The summed E-state index contributed by atoms with van der Waals surface area (Å²) in [7, 11) is 4.15. The summed E-state index contributed by atoms with van der Waals surface area (Å²) in [5.74, 6) is 0.607. The lowest BCUT2D eigenvalue weighted by Crippen LogP contribution is -2.07. The first-order valence-electron chi connectivity index (χ1n) is 14.7. The van der Waals surface area contributed by atoms with Gasteiger partial charge in [0.2, 0.25) is 0 Å². The van der Waals surface area contributed by atoms with E-state index in [0.717, 1.165) is 63.8 Å². The van der Waals surface area contributed by atoms with Gasteiger partial charge in [-0.1, -0.05) is 39.8 Å². The topological polar surface area (TPSA) is 54.8 Å². The smallest absolute Gasteiger partial charge is 0.116 e. The van der Waals surface area contributed by atoms with Crippen LogP contribution in [-0.4, -0.2) is 32.8 Å². The van der Waals surface area contributed by atoms with Crippen molar-refractivity contribution in [2.45, 2.75) is 47.0 Å². The Hall–Kier alpha value is -3.24. The molecule has 7 aromatic rings. The highest BCUT2D eigenvalue weighted by Gasteiger charge is 2.25. The zero-order valence-electron chi connectivity index (χ0n) is 25.2. The minimum Gasteiger partial charge on any atom is -0.378 e. The first-order chi connectivity index (χ1) is 20.8.